The summed E-state index contributed by atoms with van der Waals surface area (Å²) in [7, 11) is 0. The molecule has 1 unspecified atom stereocenters. The molecular weight excluding hydrogens is 200 g/mol. The van der Waals surface area contributed by atoms with Crippen molar-refractivity contribution in [2.75, 3.05) is 0 Å². The van der Waals surface area contributed by atoms with Gasteiger partial charge in [-0.1, -0.05) is 54.6 Å². The Morgan fingerprint density at radius 3 is 2.53 bits per heavy atom. The van der Waals surface area contributed by atoms with Crippen molar-refractivity contribution in [3.63, 3.8) is 0 Å². The molecule has 0 fully saturated rings. The van der Waals surface area contributed by atoms with Crippen LogP contribution in [0.2, 0.25) is 0 Å². The van der Waals surface area contributed by atoms with Crippen LogP contribution in [0, 0.1) is 12.8 Å². The second kappa shape index (κ2) is 4.71. The van der Waals surface area contributed by atoms with Gasteiger partial charge in [-0.2, -0.15) is 0 Å². The summed E-state index contributed by atoms with van der Waals surface area (Å²) >= 11 is 1.85. The highest BCUT2D eigenvalue weighted by atomic mass is 32.2. The van der Waals surface area contributed by atoms with Crippen molar-refractivity contribution < 1.29 is 0 Å². The molecule has 1 aromatic carbocycles. The summed E-state index contributed by atoms with van der Waals surface area (Å²) in [5.41, 5.74) is 1.32. The Balaban J connectivity index is 2.04. The molecular formula is C14H16S. The number of rotatable bonds is 2. The van der Waals surface area contributed by atoms with Crippen molar-refractivity contribution in [3.8, 4) is 0 Å². The summed E-state index contributed by atoms with van der Waals surface area (Å²) in [6, 6.07) is 8.70. The lowest BCUT2D eigenvalue weighted by molar-refractivity contribution is 0.735. The zero-order valence-corrected chi connectivity index (χ0v) is 10.1. The van der Waals surface area contributed by atoms with E-state index in [4.69, 9.17) is 0 Å². The summed E-state index contributed by atoms with van der Waals surface area (Å²) in [6.07, 6.45) is 8.02. The first-order valence-corrected chi connectivity index (χ1v) is 6.18. The van der Waals surface area contributed by atoms with Crippen LogP contribution >= 0.6 is 11.8 Å². The van der Waals surface area contributed by atoms with E-state index in [1.807, 2.05) is 11.8 Å². The van der Waals surface area contributed by atoms with Gasteiger partial charge in [0.05, 0.1) is 0 Å². The largest absolute Gasteiger partial charge is 0.0905 e. The highest BCUT2D eigenvalue weighted by molar-refractivity contribution is 8.03. The molecule has 0 saturated carbocycles. The van der Waals surface area contributed by atoms with Crippen LogP contribution in [0.5, 0.6) is 0 Å². The van der Waals surface area contributed by atoms with Gasteiger partial charge in [0.2, 0.25) is 0 Å². The quantitative estimate of drug-likeness (QED) is 0.698. The zero-order valence-electron chi connectivity index (χ0n) is 9.23. The third-order valence-electron chi connectivity index (χ3n) is 2.54. The Kier molecular flexibility index (Phi) is 3.32. The van der Waals surface area contributed by atoms with Gasteiger partial charge in [0, 0.05) is 9.80 Å². The summed E-state index contributed by atoms with van der Waals surface area (Å²) in [4.78, 5) is 2.70. The first-order chi connectivity index (χ1) is 7.24. The van der Waals surface area contributed by atoms with Crippen LogP contribution in [0.15, 0.2) is 52.3 Å². The molecule has 0 radical (unpaired) electrons. The van der Waals surface area contributed by atoms with Crippen LogP contribution in [0.4, 0.5) is 0 Å². The van der Waals surface area contributed by atoms with Crippen molar-refractivity contribution in [2.24, 2.45) is 5.92 Å². The van der Waals surface area contributed by atoms with Crippen molar-refractivity contribution in [3.05, 3.63) is 53.0 Å². The minimum absolute atomic E-state index is 0.701. The average molecular weight is 216 g/mol. The second-order valence-corrected chi connectivity index (χ2v) is 5.24. The fourth-order valence-corrected chi connectivity index (χ4v) is 2.40. The molecule has 0 heterocycles. The number of hydrogen-bond donors (Lipinski definition) is 0. The minimum Gasteiger partial charge on any atom is -0.0905 e. The fraction of sp³-hybridized carbons (Fsp3) is 0.286. The van der Waals surface area contributed by atoms with Gasteiger partial charge in [-0.05, 0) is 31.4 Å². The van der Waals surface area contributed by atoms with Gasteiger partial charge in [0.25, 0.3) is 0 Å². The smallest absolute Gasteiger partial charge is 0.0122 e. The van der Waals surface area contributed by atoms with Gasteiger partial charge in [-0.3, -0.25) is 0 Å². The lowest BCUT2D eigenvalue weighted by Crippen LogP contribution is -1.92. The van der Waals surface area contributed by atoms with E-state index in [2.05, 4.69) is 56.3 Å². The first kappa shape index (κ1) is 10.6. The van der Waals surface area contributed by atoms with E-state index in [0.29, 0.717) is 5.92 Å². The van der Waals surface area contributed by atoms with Gasteiger partial charge >= 0.3 is 0 Å². The van der Waals surface area contributed by atoms with Gasteiger partial charge < -0.3 is 0 Å². The summed E-state index contributed by atoms with van der Waals surface area (Å²) in [6.45, 7) is 4.37. The standard InChI is InChI=1S/C14H16S/c1-11-3-7-13(8-4-11)15-14-9-5-12(2)6-10-14/h3-5,7-10,12H,6H2,1-2H3. The molecule has 0 spiro atoms. The molecule has 0 amide bonds. The van der Waals surface area contributed by atoms with Gasteiger partial charge in [0.15, 0.2) is 0 Å². The maximum atomic E-state index is 2.33. The minimum atomic E-state index is 0.701. The van der Waals surface area contributed by atoms with Crippen LogP contribution in [0.1, 0.15) is 18.9 Å². The summed E-state index contributed by atoms with van der Waals surface area (Å²) < 4.78 is 0. The Morgan fingerprint density at radius 1 is 1.20 bits per heavy atom. The van der Waals surface area contributed by atoms with E-state index in [9.17, 15) is 0 Å². The Bertz CT molecular complexity index is 384. The third-order valence-corrected chi connectivity index (χ3v) is 3.58. The van der Waals surface area contributed by atoms with Crippen molar-refractivity contribution in [1.82, 2.24) is 0 Å². The van der Waals surface area contributed by atoms with E-state index in [1.54, 1.807) is 0 Å². The Morgan fingerprint density at radius 2 is 1.93 bits per heavy atom. The maximum Gasteiger partial charge on any atom is 0.0122 e. The first-order valence-electron chi connectivity index (χ1n) is 5.37. The molecule has 0 nitrogen and oxygen atoms in total. The van der Waals surface area contributed by atoms with Crippen LogP contribution in [0.3, 0.4) is 0 Å². The van der Waals surface area contributed by atoms with Crippen LogP contribution in [-0.4, -0.2) is 0 Å². The van der Waals surface area contributed by atoms with Crippen molar-refractivity contribution in [1.29, 1.82) is 0 Å². The van der Waals surface area contributed by atoms with Crippen LogP contribution in [0.25, 0.3) is 0 Å². The van der Waals surface area contributed by atoms with Crippen LogP contribution in [-0.2, 0) is 0 Å². The summed E-state index contributed by atoms with van der Waals surface area (Å²) in [5, 5.41) is 0. The molecule has 0 bridgehead atoms. The number of hydrogen-bond acceptors (Lipinski definition) is 1. The molecule has 0 N–H and O–H groups in total. The fourth-order valence-electron chi connectivity index (χ4n) is 1.53. The molecule has 0 saturated heterocycles. The van der Waals surface area contributed by atoms with Gasteiger partial charge in [-0.15, -0.1) is 0 Å². The van der Waals surface area contributed by atoms with Crippen LogP contribution < -0.4 is 0 Å². The topological polar surface area (TPSA) is 0 Å². The third kappa shape index (κ3) is 3.00. The molecule has 0 aliphatic heterocycles. The predicted octanol–water partition coefficient (Wildman–Crippen LogP) is 4.57. The predicted molar refractivity (Wildman–Crippen MR) is 68.0 cm³/mol. The number of benzene rings is 1. The molecule has 1 aliphatic rings. The normalized spacial score (nSPS) is 20.1. The molecule has 2 rings (SSSR count). The molecule has 1 aromatic rings. The van der Waals surface area contributed by atoms with Crippen molar-refractivity contribution >= 4 is 11.8 Å². The second-order valence-electron chi connectivity index (χ2n) is 4.09. The molecule has 1 atom stereocenters. The lowest BCUT2D eigenvalue weighted by Gasteiger charge is -2.11. The van der Waals surface area contributed by atoms with E-state index < -0.39 is 0 Å². The zero-order chi connectivity index (χ0) is 10.7. The molecule has 15 heavy (non-hydrogen) atoms. The Labute approximate surface area is 96.1 Å². The van der Waals surface area contributed by atoms with Crippen molar-refractivity contribution in [2.45, 2.75) is 25.2 Å². The number of allylic oxidation sites excluding steroid dienone is 3. The maximum absolute atomic E-state index is 2.33. The monoisotopic (exact) mass is 216 g/mol. The highest BCUT2D eigenvalue weighted by Gasteiger charge is 2.04. The number of thioether (sulfide) groups is 1. The lowest BCUT2D eigenvalue weighted by atomic mass is 10.0. The van der Waals surface area contributed by atoms with E-state index in [-0.39, 0.29) is 0 Å². The highest BCUT2D eigenvalue weighted by Crippen LogP contribution is 2.31. The molecule has 78 valence electrons. The van der Waals surface area contributed by atoms with E-state index >= 15 is 0 Å². The van der Waals surface area contributed by atoms with Gasteiger partial charge in [0.1, 0.15) is 0 Å². The average Bonchev–Trinajstić information content (AvgIpc) is 2.25. The van der Waals surface area contributed by atoms with E-state index in [1.165, 1.54) is 21.8 Å². The number of aryl methyl sites for hydroxylation is 1. The Hall–Kier alpha value is -0.950. The van der Waals surface area contributed by atoms with E-state index in [0.717, 1.165) is 0 Å². The van der Waals surface area contributed by atoms with Gasteiger partial charge in [-0.25, -0.2) is 0 Å². The molecule has 0 aromatic heterocycles. The molecule has 1 aliphatic carbocycles. The summed E-state index contributed by atoms with van der Waals surface area (Å²) in [5.74, 6) is 0.701. The molecule has 1 heteroatoms. The SMILES string of the molecule is Cc1ccc(SC2=CCC(C)C=C2)cc1.